The highest BCUT2D eigenvalue weighted by molar-refractivity contribution is 5.78. The van der Waals surface area contributed by atoms with Crippen molar-refractivity contribution in [3.8, 4) is 11.5 Å². The summed E-state index contributed by atoms with van der Waals surface area (Å²) in [5.41, 5.74) is 0.969. The van der Waals surface area contributed by atoms with Gasteiger partial charge in [0.15, 0.2) is 11.5 Å². The van der Waals surface area contributed by atoms with E-state index >= 15 is 0 Å². The molecule has 0 saturated carbocycles. The number of carbonyl (C=O) groups is 1. The highest BCUT2D eigenvalue weighted by Gasteiger charge is 2.26. The van der Waals surface area contributed by atoms with Crippen LogP contribution in [0.1, 0.15) is 5.56 Å². The van der Waals surface area contributed by atoms with E-state index in [0.717, 1.165) is 11.3 Å². The molecule has 2 aliphatic heterocycles. The van der Waals surface area contributed by atoms with Gasteiger partial charge in [-0.3, -0.25) is 4.79 Å². The number of amides is 1. The van der Waals surface area contributed by atoms with Crippen molar-refractivity contribution < 1.29 is 24.1 Å². The number of hydrogen-bond acceptors (Lipinski definition) is 5. The Morgan fingerprint density at radius 2 is 2.16 bits per heavy atom. The van der Waals surface area contributed by atoms with E-state index in [4.69, 9.17) is 19.3 Å². The highest BCUT2D eigenvalue weighted by Crippen LogP contribution is 2.32. The number of carbonyl (C=O) groups excluding carboxylic acids is 1. The molecule has 2 aliphatic rings. The first-order valence-corrected chi connectivity index (χ1v) is 6.15. The first-order valence-electron chi connectivity index (χ1n) is 6.15. The second-order valence-electron chi connectivity index (χ2n) is 4.58. The van der Waals surface area contributed by atoms with Gasteiger partial charge in [-0.1, -0.05) is 6.07 Å². The summed E-state index contributed by atoms with van der Waals surface area (Å²) in [7, 11) is 0. The molecule has 0 spiro atoms. The number of aliphatic hydroxyl groups is 1. The van der Waals surface area contributed by atoms with E-state index in [9.17, 15) is 4.79 Å². The van der Waals surface area contributed by atoms with E-state index in [1.165, 1.54) is 0 Å². The first-order chi connectivity index (χ1) is 9.26. The van der Waals surface area contributed by atoms with Gasteiger partial charge in [-0.15, -0.1) is 0 Å². The van der Waals surface area contributed by atoms with Gasteiger partial charge in [0, 0.05) is 13.1 Å². The van der Waals surface area contributed by atoms with Crippen molar-refractivity contribution in [2.75, 3.05) is 26.6 Å². The lowest BCUT2D eigenvalue weighted by Crippen LogP contribution is -2.47. The van der Waals surface area contributed by atoms with Gasteiger partial charge in [-0.25, -0.2) is 0 Å². The zero-order chi connectivity index (χ0) is 13.2. The number of nitrogens with zero attached hydrogens (tertiary/aromatic N) is 1. The van der Waals surface area contributed by atoms with Crippen LogP contribution in [0.4, 0.5) is 0 Å². The fraction of sp³-hybridized carbons (Fsp3) is 0.462. The summed E-state index contributed by atoms with van der Waals surface area (Å²) >= 11 is 0. The second kappa shape index (κ2) is 5.07. The summed E-state index contributed by atoms with van der Waals surface area (Å²) in [4.78, 5) is 13.4. The molecular formula is C13H15NO5. The molecule has 6 heteroatoms. The summed E-state index contributed by atoms with van der Waals surface area (Å²) in [5, 5.41) is 9.09. The number of rotatable bonds is 3. The average Bonchev–Trinajstić information content (AvgIpc) is 2.89. The quantitative estimate of drug-likeness (QED) is 0.841. The molecule has 1 atom stereocenters. The molecule has 1 fully saturated rings. The molecule has 19 heavy (non-hydrogen) atoms. The van der Waals surface area contributed by atoms with Crippen LogP contribution < -0.4 is 9.47 Å². The second-order valence-corrected chi connectivity index (χ2v) is 4.58. The minimum Gasteiger partial charge on any atom is -0.454 e. The number of ether oxygens (including phenoxy) is 3. The SMILES string of the molecule is O=C1COC(CO)CN1Cc1ccc2c(c1)OCO2. The molecule has 1 saturated heterocycles. The summed E-state index contributed by atoms with van der Waals surface area (Å²) in [6.45, 7) is 1.07. The van der Waals surface area contributed by atoms with Crippen LogP contribution in [0, 0.1) is 0 Å². The Morgan fingerprint density at radius 1 is 1.32 bits per heavy atom. The van der Waals surface area contributed by atoms with Crippen LogP contribution in [0.3, 0.4) is 0 Å². The molecule has 1 N–H and O–H groups in total. The van der Waals surface area contributed by atoms with E-state index < -0.39 is 0 Å². The predicted molar refractivity (Wildman–Crippen MR) is 64.8 cm³/mol. The van der Waals surface area contributed by atoms with Gasteiger partial charge < -0.3 is 24.2 Å². The molecule has 3 rings (SSSR count). The number of hydrogen-bond donors (Lipinski definition) is 1. The summed E-state index contributed by atoms with van der Waals surface area (Å²) in [5.74, 6) is 1.37. The van der Waals surface area contributed by atoms with E-state index in [2.05, 4.69) is 0 Å². The largest absolute Gasteiger partial charge is 0.454 e. The zero-order valence-electron chi connectivity index (χ0n) is 10.4. The monoisotopic (exact) mass is 265 g/mol. The van der Waals surface area contributed by atoms with Crippen LogP contribution in [0.15, 0.2) is 18.2 Å². The van der Waals surface area contributed by atoms with Crippen LogP contribution in [-0.2, 0) is 16.1 Å². The van der Waals surface area contributed by atoms with E-state index in [-0.39, 0.29) is 32.0 Å². The lowest BCUT2D eigenvalue weighted by molar-refractivity contribution is -0.151. The minimum absolute atomic E-state index is 0.0236. The van der Waals surface area contributed by atoms with E-state index in [0.29, 0.717) is 18.8 Å². The topological polar surface area (TPSA) is 68.2 Å². The Bertz CT molecular complexity index is 490. The third-order valence-corrected chi connectivity index (χ3v) is 3.23. The molecule has 102 valence electrons. The van der Waals surface area contributed by atoms with Crippen molar-refractivity contribution in [3.63, 3.8) is 0 Å². The van der Waals surface area contributed by atoms with Gasteiger partial charge in [0.05, 0.1) is 12.7 Å². The summed E-state index contributed by atoms with van der Waals surface area (Å²) in [6, 6.07) is 5.62. The molecule has 0 bridgehead atoms. The number of aliphatic hydroxyl groups excluding tert-OH is 1. The van der Waals surface area contributed by atoms with Crippen LogP contribution in [0.5, 0.6) is 11.5 Å². The van der Waals surface area contributed by atoms with Crippen molar-refractivity contribution in [2.24, 2.45) is 0 Å². The van der Waals surface area contributed by atoms with Crippen molar-refractivity contribution in [3.05, 3.63) is 23.8 Å². The summed E-state index contributed by atoms with van der Waals surface area (Å²) < 4.78 is 15.7. The van der Waals surface area contributed by atoms with Gasteiger partial charge >= 0.3 is 0 Å². The van der Waals surface area contributed by atoms with Gasteiger partial charge in [0.2, 0.25) is 12.7 Å². The molecule has 1 aromatic carbocycles. The molecule has 0 radical (unpaired) electrons. The van der Waals surface area contributed by atoms with Crippen molar-refractivity contribution in [1.82, 2.24) is 4.90 Å². The average molecular weight is 265 g/mol. The van der Waals surface area contributed by atoms with Gasteiger partial charge in [-0.2, -0.15) is 0 Å². The Hall–Kier alpha value is -1.79. The van der Waals surface area contributed by atoms with Crippen LogP contribution in [0.25, 0.3) is 0 Å². The zero-order valence-corrected chi connectivity index (χ0v) is 10.4. The molecule has 1 aromatic rings. The number of benzene rings is 1. The van der Waals surface area contributed by atoms with Crippen LogP contribution in [-0.4, -0.2) is 48.6 Å². The van der Waals surface area contributed by atoms with Crippen molar-refractivity contribution >= 4 is 5.91 Å². The molecule has 2 heterocycles. The fourth-order valence-electron chi connectivity index (χ4n) is 2.20. The fourth-order valence-corrected chi connectivity index (χ4v) is 2.20. The van der Waals surface area contributed by atoms with Gasteiger partial charge in [0.25, 0.3) is 0 Å². The van der Waals surface area contributed by atoms with Crippen molar-refractivity contribution in [1.29, 1.82) is 0 Å². The Balaban J connectivity index is 1.71. The lowest BCUT2D eigenvalue weighted by Gasteiger charge is -2.31. The maximum atomic E-state index is 11.8. The normalized spacial score (nSPS) is 21.8. The van der Waals surface area contributed by atoms with Gasteiger partial charge in [0.1, 0.15) is 6.61 Å². The smallest absolute Gasteiger partial charge is 0.248 e. The summed E-state index contributed by atoms with van der Waals surface area (Å²) in [6.07, 6.45) is -0.299. The maximum Gasteiger partial charge on any atom is 0.248 e. The molecule has 0 aromatic heterocycles. The van der Waals surface area contributed by atoms with Gasteiger partial charge in [-0.05, 0) is 17.7 Å². The Kier molecular flexibility index (Phi) is 3.27. The number of morpholine rings is 1. The molecule has 1 unspecified atom stereocenters. The maximum absolute atomic E-state index is 11.8. The third-order valence-electron chi connectivity index (χ3n) is 3.23. The Labute approximate surface area is 110 Å². The van der Waals surface area contributed by atoms with Crippen molar-refractivity contribution in [2.45, 2.75) is 12.6 Å². The standard InChI is InChI=1S/C13H15NO5/c15-6-10-5-14(13(16)7-17-10)4-9-1-2-11-12(3-9)19-8-18-11/h1-3,10,15H,4-8H2. The molecular weight excluding hydrogens is 250 g/mol. The highest BCUT2D eigenvalue weighted by atomic mass is 16.7. The number of fused-ring (bicyclic) bond motifs is 1. The minimum atomic E-state index is -0.299. The molecule has 1 amide bonds. The van der Waals surface area contributed by atoms with E-state index in [1.807, 2.05) is 18.2 Å². The molecule has 0 aliphatic carbocycles. The molecule has 6 nitrogen and oxygen atoms in total. The van der Waals surface area contributed by atoms with E-state index in [1.54, 1.807) is 4.90 Å². The lowest BCUT2D eigenvalue weighted by atomic mass is 10.1. The Morgan fingerprint density at radius 3 is 3.00 bits per heavy atom. The predicted octanol–water partition coefficient (Wildman–Crippen LogP) is 0.135. The third kappa shape index (κ3) is 2.50. The van der Waals surface area contributed by atoms with Crippen LogP contribution >= 0.6 is 0 Å². The van der Waals surface area contributed by atoms with Crippen LogP contribution in [0.2, 0.25) is 0 Å². The first kappa shape index (κ1) is 12.3.